The van der Waals surface area contributed by atoms with Gasteiger partial charge in [0.2, 0.25) is 0 Å². The normalized spacial score (nSPS) is 11.1. The Morgan fingerprint density at radius 1 is 0.562 bits per heavy atom. The van der Waals surface area contributed by atoms with E-state index in [1.54, 1.807) is 0 Å². The van der Waals surface area contributed by atoms with Gasteiger partial charge in [-0.1, -0.05) is 72.4 Å². The van der Waals surface area contributed by atoms with Crippen molar-refractivity contribution in [2.75, 3.05) is 0 Å². The van der Waals surface area contributed by atoms with Crippen LogP contribution < -0.4 is 32.9 Å². The number of hydrogen-bond donors (Lipinski definition) is 0. The Bertz CT molecular complexity index is 1120. The first-order valence-corrected chi connectivity index (χ1v) is 14.7. The van der Waals surface area contributed by atoms with E-state index in [0.717, 1.165) is 6.16 Å². The SMILES string of the molecule is [Br-].c1ccc([P+](Cc2ccc(Sc3cccs3)s2)(c2ccccc2)c2ccccc2)cc1. The van der Waals surface area contributed by atoms with E-state index >= 15 is 0 Å². The van der Waals surface area contributed by atoms with Gasteiger partial charge in [-0.2, -0.15) is 0 Å². The molecule has 2 heterocycles. The summed E-state index contributed by atoms with van der Waals surface area (Å²) in [5.41, 5.74) is 0. The highest BCUT2D eigenvalue weighted by molar-refractivity contribution is 8.03. The molecule has 5 aromatic rings. The van der Waals surface area contributed by atoms with Crippen LogP contribution in [0.1, 0.15) is 4.88 Å². The minimum atomic E-state index is -1.83. The Balaban J connectivity index is 0.00000245. The predicted molar refractivity (Wildman–Crippen MR) is 142 cm³/mol. The van der Waals surface area contributed by atoms with Gasteiger partial charge in [0.05, 0.1) is 8.42 Å². The molecule has 0 spiro atoms. The summed E-state index contributed by atoms with van der Waals surface area (Å²) in [5.74, 6) is 0. The Labute approximate surface area is 213 Å². The van der Waals surface area contributed by atoms with Crippen molar-refractivity contribution in [2.45, 2.75) is 14.6 Å². The number of benzene rings is 3. The summed E-state index contributed by atoms with van der Waals surface area (Å²) in [7, 11) is -1.83. The summed E-state index contributed by atoms with van der Waals surface area (Å²) in [5, 5.41) is 6.46. The maximum atomic E-state index is 2.34. The fourth-order valence-corrected chi connectivity index (χ4v) is 11.8. The third-order valence-corrected chi connectivity index (χ3v) is 13.1. The van der Waals surface area contributed by atoms with Crippen LogP contribution in [0, 0.1) is 0 Å². The molecule has 0 saturated heterocycles. The van der Waals surface area contributed by atoms with Crippen LogP contribution in [-0.4, -0.2) is 0 Å². The van der Waals surface area contributed by atoms with Gasteiger partial charge in [0.15, 0.2) is 0 Å². The molecule has 0 atom stereocenters. The molecule has 0 amide bonds. The van der Waals surface area contributed by atoms with Crippen LogP contribution in [0.25, 0.3) is 0 Å². The van der Waals surface area contributed by atoms with E-state index in [4.69, 9.17) is 0 Å². The Hall–Kier alpha value is -1.68. The molecule has 0 aliphatic heterocycles. The van der Waals surface area contributed by atoms with E-state index < -0.39 is 7.26 Å². The number of thiophene rings is 2. The predicted octanol–water partition coefficient (Wildman–Crippen LogP) is 4.46. The number of hydrogen-bond acceptors (Lipinski definition) is 3. The topological polar surface area (TPSA) is 0 Å². The molecule has 0 nitrogen and oxygen atoms in total. The second-order valence-corrected chi connectivity index (χ2v) is 14.4. The van der Waals surface area contributed by atoms with E-state index in [9.17, 15) is 0 Å². The zero-order valence-electron chi connectivity index (χ0n) is 17.3. The third kappa shape index (κ3) is 4.95. The second-order valence-electron chi connectivity index (χ2n) is 7.23. The van der Waals surface area contributed by atoms with Crippen LogP contribution in [0.4, 0.5) is 0 Å². The van der Waals surface area contributed by atoms with Crippen molar-refractivity contribution in [2.24, 2.45) is 0 Å². The minimum Gasteiger partial charge on any atom is -1.00 e. The molecule has 3 aromatic carbocycles. The number of halogens is 1. The third-order valence-electron chi connectivity index (χ3n) is 5.32. The quantitative estimate of drug-likeness (QED) is 0.269. The Kier molecular flexibility index (Phi) is 8.04. The first kappa shape index (κ1) is 23.5. The first-order valence-electron chi connectivity index (χ1n) is 10.2. The molecule has 0 radical (unpaired) electrons. The molecular weight excluding hydrogens is 531 g/mol. The van der Waals surface area contributed by atoms with Gasteiger partial charge in [-0.05, 0) is 60.0 Å². The van der Waals surface area contributed by atoms with E-state index in [1.807, 2.05) is 34.4 Å². The lowest BCUT2D eigenvalue weighted by Gasteiger charge is -2.27. The van der Waals surface area contributed by atoms with E-state index in [2.05, 4.69) is 121 Å². The summed E-state index contributed by atoms with van der Waals surface area (Å²) in [6.45, 7) is 0. The molecule has 32 heavy (non-hydrogen) atoms. The van der Waals surface area contributed by atoms with Crippen molar-refractivity contribution in [3.8, 4) is 0 Å². The van der Waals surface area contributed by atoms with Crippen LogP contribution in [0.15, 0.2) is 129 Å². The maximum Gasteiger partial charge on any atom is 0.117 e. The highest BCUT2D eigenvalue weighted by Crippen LogP contribution is 2.59. The van der Waals surface area contributed by atoms with Gasteiger partial charge in [0.25, 0.3) is 0 Å². The molecule has 0 fully saturated rings. The van der Waals surface area contributed by atoms with Crippen molar-refractivity contribution >= 4 is 57.6 Å². The molecule has 0 N–H and O–H groups in total. The monoisotopic (exact) mass is 552 g/mol. The van der Waals surface area contributed by atoms with Gasteiger partial charge in [-0.15, -0.1) is 22.7 Å². The van der Waals surface area contributed by atoms with Gasteiger partial charge in [-0.3, -0.25) is 0 Å². The summed E-state index contributed by atoms with van der Waals surface area (Å²) in [4.78, 5) is 1.45. The summed E-state index contributed by atoms with van der Waals surface area (Å²) in [6.07, 6.45) is 1.04. The van der Waals surface area contributed by atoms with Crippen LogP contribution in [-0.2, 0) is 6.16 Å². The Morgan fingerprint density at radius 2 is 1.09 bits per heavy atom. The largest absolute Gasteiger partial charge is 1.00 e. The molecule has 0 bridgehead atoms. The van der Waals surface area contributed by atoms with Gasteiger partial charge >= 0.3 is 0 Å². The zero-order chi connectivity index (χ0) is 20.9. The summed E-state index contributed by atoms with van der Waals surface area (Å²) >= 11 is 5.62. The van der Waals surface area contributed by atoms with Crippen molar-refractivity contribution in [1.29, 1.82) is 0 Å². The highest BCUT2D eigenvalue weighted by atomic mass is 79.9. The molecule has 5 heteroatoms. The van der Waals surface area contributed by atoms with E-state index in [0.29, 0.717) is 0 Å². The molecule has 0 aliphatic carbocycles. The second kappa shape index (κ2) is 11.0. The van der Waals surface area contributed by atoms with Crippen LogP contribution in [0.3, 0.4) is 0 Å². The van der Waals surface area contributed by atoms with Crippen LogP contribution in [0.2, 0.25) is 0 Å². The van der Waals surface area contributed by atoms with Crippen molar-refractivity contribution < 1.29 is 17.0 Å². The van der Waals surface area contributed by atoms with Gasteiger partial charge < -0.3 is 17.0 Å². The van der Waals surface area contributed by atoms with Crippen LogP contribution >= 0.6 is 41.7 Å². The lowest BCUT2D eigenvalue weighted by atomic mass is 10.4. The molecule has 0 aliphatic rings. The highest BCUT2D eigenvalue weighted by Gasteiger charge is 2.45. The summed E-state index contributed by atoms with van der Waals surface area (Å²) < 4.78 is 2.72. The zero-order valence-corrected chi connectivity index (χ0v) is 22.2. The molecule has 5 rings (SSSR count). The fourth-order valence-electron chi connectivity index (χ4n) is 3.92. The minimum absolute atomic E-state index is 0. The van der Waals surface area contributed by atoms with Crippen molar-refractivity contribution in [3.63, 3.8) is 0 Å². The summed E-state index contributed by atoms with van der Waals surface area (Å²) in [6, 6.07) is 42.3. The lowest BCUT2D eigenvalue weighted by Crippen LogP contribution is -3.00. The maximum absolute atomic E-state index is 2.34. The van der Waals surface area contributed by atoms with Crippen molar-refractivity contribution in [3.05, 3.63) is 126 Å². The van der Waals surface area contributed by atoms with Gasteiger partial charge in [0, 0.05) is 4.88 Å². The van der Waals surface area contributed by atoms with E-state index in [1.165, 1.54) is 29.2 Å². The average molecular weight is 554 g/mol. The van der Waals surface area contributed by atoms with Gasteiger partial charge in [-0.25, -0.2) is 0 Å². The van der Waals surface area contributed by atoms with Crippen LogP contribution in [0.5, 0.6) is 0 Å². The molecule has 160 valence electrons. The fraction of sp³-hybridized carbons (Fsp3) is 0.0370. The Morgan fingerprint density at radius 3 is 1.56 bits per heavy atom. The molecule has 2 aromatic heterocycles. The molecule has 0 saturated carbocycles. The smallest absolute Gasteiger partial charge is 0.117 e. The number of rotatable bonds is 7. The molecule has 0 unspecified atom stereocenters. The van der Waals surface area contributed by atoms with Crippen molar-refractivity contribution in [1.82, 2.24) is 0 Å². The lowest BCUT2D eigenvalue weighted by molar-refractivity contribution is -0.00000579. The average Bonchev–Trinajstić information content (AvgIpc) is 3.52. The standard InChI is InChI=1S/C27H22PS3.BrH/c1-4-11-22(12-5-1)28(23-13-6-2-7-14-23,24-15-8-3-9-16-24)21-25-18-19-27(30-25)31-26-17-10-20-29-26;/h1-20H,21H2;1H/q+1;/p-1. The van der Waals surface area contributed by atoms with Gasteiger partial charge in [0.1, 0.15) is 29.3 Å². The first-order chi connectivity index (χ1) is 15.3. The molecular formula is C27H22BrPS3. The van der Waals surface area contributed by atoms with E-state index in [-0.39, 0.29) is 17.0 Å².